The molecule has 2 atom stereocenters. The van der Waals surface area contributed by atoms with Crippen LogP contribution >= 0.6 is 0 Å². The molecular weight excluding hydrogens is 204 g/mol. The summed E-state index contributed by atoms with van der Waals surface area (Å²) in [7, 11) is 1.46. The molecule has 4 heteroatoms. The van der Waals surface area contributed by atoms with Crippen LogP contribution in [0.4, 0.5) is 0 Å². The Morgan fingerprint density at radius 1 is 1.31 bits per heavy atom. The summed E-state index contributed by atoms with van der Waals surface area (Å²) in [6, 6.07) is 0.584. The van der Waals surface area contributed by atoms with Crippen molar-refractivity contribution in [3.8, 4) is 0 Å². The lowest BCUT2D eigenvalue weighted by molar-refractivity contribution is -0.146. The topological polar surface area (TPSA) is 55.6 Å². The van der Waals surface area contributed by atoms with Gasteiger partial charge in [-0.15, -0.1) is 0 Å². The number of carbonyl (C=O) groups excluding carboxylic acids is 1. The number of hydrogen-bond acceptors (Lipinski definition) is 4. The maximum Gasteiger partial charge on any atom is 0.323 e. The third-order valence-corrected chi connectivity index (χ3v) is 3.89. The highest BCUT2D eigenvalue weighted by Gasteiger charge is 2.39. The summed E-state index contributed by atoms with van der Waals surface area (Å²) in [5, 5.41) is 0. The molecule has 92 valence electrons. The minimum Gasteiger partial charge on any atom is -0.468 e. The van der Waals surface area contributed by atoms with Crippen LogP contribution < -0.4 is 5.73 Å². The number of carbonyl (C=O) groups is 1. The highest BCUT2D eigenvalue weighted by molar-refractivity contribution is 5.76. The van der Waals surface area contributed by atoms with Gasteiger partial charge in [0.2, 0.25) is 0 Å². The van der Waals surface area contributed by atoms with Gasteiger partial charge in [0, 0.05) is 18.6 Å². The number of methoxy groups -OCH3 is 1. The molecule has 1 saturated carbocycles. The van der Waals surface area contributed by atoms with Gasteiger partial charge in [-0.2, -0.15) is 0 Å². The molecule has 2 aliphatic rings. The normalized spacial score (nSPS) is 32.9. The third-order valence-electron chi connectivity index (χ3n) is 3.89. The summed E-state index contributed by atoms with van der Waals surface area (Å²) in [5.41, 5.74) is 5.97. The molecule has 2 fully saturated rings. The maximum absolute atomic E-state index is 11.7. The van der Waals surface area contributed by atoms with Crippen LogP contribution in [-0.2, 0) is 9.53 Å². The van der Waals surface area contributed by atoms with E-state index in [9.17, 15) is 4.79 Å². The summed E-state index contributed by atoms with van der Waals surface area (Å²) in [6.45, 7) is 0.852. The summed E-state index contributed by atoms with van der Waals surface area (Å²) in [4.78, 5) is 14.0. The molecule has 0 amide bonds. The van der Waals surface area contributed by atoms with Crippen molar-refractivity contribution in [1.82, 2.24) is 4.90 Å². The van der Waals surface area contributed by atoms with Crippen molar-refractivity contribution in [3.63, 3.8) is 0 Å². The van der Waals surface area contributed by atoms with Gasteiger partial charge < -0.3 is 10.5 Å². The highest BCUT2D eigenvalue weighted by atomic mass is 16.5. The van der Waals surface area contributed by atoms with Crippen LogP contribution in [0.1, 0.15) is 38.5 Å². The summed E-state index contributed by atoms with van der Waals surface area (Å²) < 4.78 is 4.87. The van der Waals surface area contributed by atoms with Gasteiger partial charge in [-0.1, -0.05) is 19.3 Å². The summed E-state index contributed by atoms with van der Waals surface area (Å²) in [5.74, 6) is -0.112. The van der Waals surface area contributed by atoms with Gasteiger partial charge in [0.1, 0.15) is 6.04 Å². The SMILES string of the molecule is COC(=O)[C@@H]1C[C@H](N)CN1C1CCCCC1. The quantitative estimate of drug-likeness (QED) is 0.711. The van der Waals surface area contributed by atoms with Crippen LogP contribution in [0.25, 0.3) is 0 Å². The monoisotopic (exact) mass is 226 g/mol. The third kappa shape index (κ3) is 2.38. The Bertz CT molecular complexity index is 251. The zero-order chi connectivity index (χ0) is 11.5. The van der Waals surface area contributed by atoms with Crippen LogP contribution in [-0.4, -0.2) is 42.6 Å². The Morgan fingerprint density at radius 3 is 2.62 bits per heavy atom. The van der Waals surface area contributed by atoms with Gasteiger partial charge in [-0.3, -0.25) is 9.69 Å². The van der Waals surface area contributed by atoms with E-state index in [4.69, 9.17) is 10.5 Å². The molecule has 1 aliphatic heterocycles. The lowest BCUT2D eigenvalue weighted by atomic mass is 9.94. The van der Waals surface area contributed by atoms with Gasteiger partial charge in [-0.25, -0.2) is 0 Å². The molecule has 0 bridgehead atoms. The largest absolute Gasteiger partial charge is 0.468 e. The first-order valence-corrected chi connectivity index (χ1v) is 6.31. The van der Waals surface area contributed by atoms with Gasteiger partial charge in [0.25, 0.3) is 0 Å². The number of nitrogens with zero attached hydrogens (tertiary/aromatic N) is 1. The van der Waals surface area contributed by atoms with Crippen molar-refractivity contribution in [2.45, 2.75) is 56.7 Å². The number of likely N-dealkylation sites (tertiary alicyclic amines) is 1. The molecule has 0 aromatic heterocycles. The molecule has 0 spiro atoms. The Labute approximate surface area is 97.1 Å². The second-order valence-electron chi connectivity index (χ2n) is 5.02. The van der Waals surface area contributed by atoms with E-state index in [1.807, 2.05) is 0 Å². The first-order valence-electron chi connectivity index (χ1n) is 6.31. The standard InChI is InChI=1S/C12H22N2O2/c1-16-12(15)11-7-9(13)8-14(11)10-5-3-2-4-6-10/h9-11H,2-8,13H2,1H3/t9-,11-/m0/s1. The van der Waals surface area contributed by atoms with Crippen molar-refractivity contribution >= 4 is 5.97 Å². The number of esters is 1. The maximum atomic E-state index is 11.7. The summed E-state index contributed by atoms with van der Waals surface area (Å²) >= 11 is 0. The van der Waals surface area contributed by atoms with Crippen LogP contribution in [0.5, 0.6) is 0 Å². The predicted molar refractivity (Wildman–Crippen MR) is 62.0 cm³/mol. The molecule has 0 aromatic rings. The second kappa shape index (κ2) is 5.15. The fraction of sp³-hybridized carbons (Fsp3) is 0.917. The van der Waals surface area contributed by atoms with Crippen LogP contribution in [0, 0.1) is 0 Å². The lowest BCUT2D eigenvalue weighted by Gasteiger charge is -2.34. The summed E-state index contributed by atoms with van der Waals surface area (Å²) in [6.07, 6.45) is 7.07. The van der Waals surface area contributed by atoms with Crippen LogP contribution in [0.3, 0.4) is 0 Å². The van der Waals surface area contributed by atoms with E-state index < -0.39 is 0 Å². The van der Waals surface area contributed by atoms with Crippen molar-refractivity contribution in [2.24, 2.45) is 5.73 Å². The van der Waals surface area contributed by atoms with Crippen LogP contribution in [0.15, 0.2) is 0 Å². The average Bonchev–Trinajstić information content (AvgIpc) is 2.71. The second-order valence-corrected chi connectivity index (χ2v) is 5.02. The average molecular weight is 226 g/mol. The van der Waals surface area contributed by atoms with Gasteiger partial charge in [-0.05, 0) is 19.3 Å². The molecule has 1 saturated heterocycles. The molecule has 2 N–H and O–H groups in total. The molecule has 1 heterocycles. The first-order chi connectivity index (χ1) is 7.72. The molecule has 2 rings (SSSR count). The van der Waals surface area contributed by atoms with Crippen molar-refractivity contribution in [3.05, 3.63) is 0 Å². The van der Waals surface area contributed by atoms with E-state index >= 15 is 0 Å². The minimum absolute atomic E-state index is 0.0944. The zero-order valence-corrected chi connectivity index (χ0v) is 10.0. The first kappa shape index (κ1) is 11.9. The molecule has 1 aliphatic carbocycles. The Balaban J connectivity index is 2.02. The Hall–Kier alpha value is -0.610. The van der Waals surface area contributed by atoms with E-state index in [-0.39, 0.29) is 18.1 Å². The molecule has 4 nitrogen and oxygen atoms in total. The van der Waals surface area contributed by atoms with Gasteiger partial charge in [0.15, 0.2) is 0 Å². The number of ether oxygens (including phenoxy) is 1. The fourth-order valence-electron chi connectivity index (χ4n) is 3.08. The number of hydrogen-bond donors (Lipinski definition) is 1. The van der Waals surface area contributed by atoms with E-state index in [0.29, 0.717) is 6.04 Å². The number of rotatable bonds is 2. The molecule has 0 unspecified atom stereocenters. The molecule has 16 heavy (non-hydrogen) atoms. The smallest absolute Gasteiger partial charge is 0.323 e. The van der Waals surface area contributed by atoms with Crippen molar-refractivity contribution < 1.29 is 9.53 Å². The van der Waals surface area contributed by atoms with Crippen LogP contribution in [0.2, 0.25) is 0 Å². The highest BCUT2D eigenvalue weighted by Crippen LogP contribution is 2.29. The number of nitrogens with two attached hydrogens (primary N) is 1. The van der Waals surface area contributed by atoms with E-state index in [0.717, 1.165) is 13.0 Å². The van der Waals surface area contributed by atoms with Gasteiger partial charge >= 0.3 is 5.97 Å². The lowest BCUT2D eigenvalue weighted by Crippen LogP contribution is -2.44. The van der Waals surface area contributed by atoms with Gasteiger partial charge in [0.05, 0.1) is 7.11 Å². The molecule has 0 aromatic carbocycles. The predicted octanol–water partition coefficient (Wildman–Crippen LogP) is 0.894. The van der Waals surface area contributed by atoms with E-state index in [1.54, 1.807) is 0 Å². The Morgan fingerprint density at radius 2 is 2.00 bits per heavy atom. The van der Waals surface area contributed by atoms with E-state index in [1.165, 1.54) is 39.2 Å². The molecule has 0 radical (unpaired) electrons. The van der Waals surface area contributed by atoms with Crippen molar-refractivity contribution in [1.29, 1.82) is 0 Å². The van der Waals surface area contributed by atoms with Crippen molar-refractivity contribution in [2.75, 3.05) is 13.7 Å². The fourth-order valence-corrected chi connectivity index (χ4v) is 3.08. The zero-order valence-electron chi connectivity index (χ0n) is 10.0. The Kier molecular flexibility index (Phi) is 3.82. The van der Waals surface area contributed by atoms with E-state index in [2.05, 4.69) is 4.90 Å². The minimum atomic E-state index is -0.112. The molecular formula is C12H22N2O2.